The fourth-order valence-electron chi connectivity index (χ4n) is 2.65. The van der Waals surface area contributed by atoms with Gasteiger partial charge in [0.25, 0.3) is 0 Å². The van der Waals surface area contributed by atoms with Crippen molar-refractivity contribution in [2.75, 3.05) is 20.2 Å². The highest BCUT2D eigenvalue weighted by atomic mass is 35.5. The van der Waals surface area contributed by atoms with Crippen LogP contribution in [0.2, 0.25) is 5.02 Å². The molecule has 0 spiro atoms. The fraction of sp³-hybridized carbons (Fsp3) is 0.273. The van der Waals surface area contributed by atoms with Crippen LogP contribution in [0.5, 0.6) is 0 Å². The van der Waals surface area contributed by atoms with E-state index in [2.05, 4.69) is 0 Å². The van der Waals surface area contributed by atoms with Crippen LogP contribution in [-0.2, 0) is 20.7 Å². The number of rotatable bonds is 8. The van der Waals surface area contributed by atoms with Crippen LogP contribution in [-0.4, -0.2) is 37.0 Å². The standard InChI is InChI=1S/C22H24ClNO3/c1-17(22(26)27-2)16-24(15-14-18-6-4-3-5-7-18)21(25)13-10-19-8-11-20(23)12-9-19/h3-13,17H,14-16H2,1-2H3/b13-10+. The van der Waals surface area contributed by atoms with E-state index in [4.69, 9.17) is 16.3 Å². The van der Waals surface area contributed by atoms with Crippen molar-refractivity contribution in [1.82, 2.24) is 4.90 Å². The van der Waals surface area contributed by atoms with E-state index < -0.39 is 5.92 Å². The van der Waals surface area contributed by atoms with Crippen molar-refractivity contribution in [2.45, 2.75) is 13.3 Å². The first kappa shape index (κ1) is 20.7. The Morgan fingerprint density at radius 3 is 2.41 bits per heavy atom. The normalized spacial score (nSPS) is 12.0. The maximum absolute atomic E-state index is 12.7. The molecule has 2 aromatic rings. The van der Waals surface area contributed by atoms with E-state index in [-0.39, 0.29) is 11.9 Å². The van der Waals surface area contributed by atoms with Gasteiger partial charge in [-0.2, -0.15) is 0 Å². The molecular formula is C22H24ClNO3. The lowest BCUT2D eigenvalue weighted by molar-refractivity contribution is -0.146. The van der Waals surface area contributed by atoms with Crippen molar-refractivity contribution in [3.05, 3.63) is 76.8 Å². The summed E-state index contributed by atoms with van der Waals surface area (Å²) in [5.41, 5.74) is 2.03. The Kier molecular flexibility index (Phi) is 8.08. The van der Waals surface area contributed by atoms with Gasteiger partial charge in [0, 0.05) is 24.2 Å². The summed E-state index contributed by atoms with van der Waals surface area (Å²) in [5.74, 6) is -0.857. The zero-order chi connectivity index (χ0) is 19.6. The molecule has 0 bridgehead atoms. The Labute approximate surface area is 165 Å². The monoisotopic (exact) mass is 385 g/mol. The molecule has 0 fully saturated rings. The average Bonchev–Trinajstić information content (AvgIpc) is 2.70. The summed E-state index contributed by atoms with van der Waals surface area (Å²) in [7, 11) is 1.36. The zero-order valence-corrected chi connectivity index (χ0v) is 16.4. The van der Waals surface area contributed by atoms with E-state index in [1.165, 1.54) is 13.2 Å². The first-order valence-electron chi connectivity index (χ1n) is 8.84. The van der Waals surface area contributed by atoms with Gasteiger partial charge in [-0.25, -0.2) is 0 Å². The smallest absolute Gasteiger partial charge is 0.310 e. The molecule has 1 atom stereocenters. The summed E-state index contributed by atoms with van der Waals surface area (Å²) in [5, 5.41) is 0.648. The molecule has 0 aliphatic heterocycles. The van der Waals surface area contributed by atoms with E-state index in [1.807, 2.05) is 42.5 Å². The lowest BCUT2D eigenvalue weighted by Crippen LogP contribution is -2.37. The summed E-state index contributed by atoms with van der Waals surface area (Å²) in [6.07, 6.45) is 3.99. The van der Waals surface area contributed by atoms with Crippen LogP contribution in [0.25, 0.3) is 6.08 Å². The molecule has 4 nitrogen and oxygen atoms in total. The molecule has 0 aliphatic rings. The van der Waals surface area contributed by atoms with Crippen molar-refractivity contribution in [2.24, 2.45) is 5.92 Å². The first-order valence-corrected chi connectivity index (χ1v) is 9.21. The molecule has 0 aliphatic carbocycles. The average molecular weight is 386 g/mol. The molecule has 0 saturated carbocycles. The van der Waals surface area contributed by atoms with Crippen LogP contribution in [0.3, 0.4) is 0 Å². The number of carbonyl (C=O) groups excluding carboxylic acids is 2. The molecule has 27 heavy (non-hydrogen) atoms. The topological polar surface area (TPSA) is 46.6 Å². The highest BCUT2D eigenvalue weighted by molar-refractivity contribution is 6.30. The Balaban J connectivity index is 2.07. The molecule has 2 aromatic carbocycles. The lowest BCUT2D eigenvalue weighted by Gasteiger charge is -2.24. The predicted molar refractivity (Wildman–Crippen MR) is 108 cm³/mol. The second-order valence-corrected chi connectivity index (χ2v) is 6.77. The maximum Gasteiger partial charge on any atom is 0.310 e. The molecule has 0 radical (unpaired) electrons. The maximum atomic E-state index is 12.7. The Morgan fingerprint density at radius 2 is 1.78 bits per heavy atom. The Hall–Kier alpha value is -2.59. The van der Waals surface area contributed by atoms with E-state index in [9.17, 15) is 9.59 Å². The molecule has 0 saturated heterocycles. The largest absolute Gasteiger partial charge is 0.469 e. The second kappa shape index (κ2) is 10.5. The van der Waals surface area contributed by atoms with Gasteiger partial charge in [-0.15, -0.1) is 0 Å². The number of nitrogens with zero attached hydrogens (tertiary/aromatic N) is 1. The van der Waals surface area contributed by atoms with Crippen molar-refractivity contribution in [3.8, 4) is 0 Å². The van der Waals surface area contributed by atoms with Crippen molar-refractivity contribution in [1.29, 1.82) is 0 Å². The molecule has 1 unspecified atom stereocenters. The number of hydrogen-bond donors (Lipinski definition) is 0. The number of carbonyl (C=O) groups is 2. The van der Waals surface area contributed by atoms with Gasteiger partial charge in [0.2, 0.25) is 5.91 Å². The summed E-state index contributed by atoms with van der Waals surface area (Å²) in [4.78, 5) is 26.2. The number of hydrogen-bond acceptors (Lipinski definition) is 3. The summed E-state index contributed by atoms with van der Waals surface area (Å²) in [6, 6.07) is 17.2. The van der Waals surface area contributed by atoms with E-state index in [0.29, 0.717) is 18.1 Å². The number of amides is 1. The first-order chi connectivity index (χ1) is 13.0. The minimum atomic E-state index is -0.390. The summed E-state index contributed by atoms with van der Waals surface area (Å²) >= 11 is 5.88. The zero-order valence-electron chi connectivity index (χ0n) is 15.6. The third-order valence-corrected chi connectivity index (χ3v) is 4.46. The predicted octanol–water partition coefficient (Wildman–Crippen LogP) is 4.23. The molecule has 0 aromatic heterocycles. The van der Waals surface area contributed by atoms with Gasteiger partial charge in [0.15, 0.2) is 0 Å². The molecular weight excluding hydrogens is 362 g/mol. The van der Waals surface area contributed by atoms with Crippen LogP contribution in [0, 0.1) is 5.92 Å². The third-order valence-electron chi connectivity index (χ3n) is 4.21. The molecule has 2 rings (SSSR count). The van der Waals surface area contributed by atoms with Crippen LogP contribution in [0.15, 0.2) is 60.7 Å². The van der Waals surface area contributed by atoms with Crippen molar-refractivity contribution >= 4 is 29.6 Å². The molecule has 0 heterocycles. The van der Waals surface area contributed by atoms with E-state index in [1.54, 1.807) is 30.0 Å². The number of benzene rings is 2. The fourth-order valence-corrected chi connectivity index (χ4v) is 2.78. The Morgan fingerprint density at radius 1 is 1.11 bits per heavy atom. The Bertz CT molecular complexity index is 772. The molecule has 1 amide bonds. The minimum absolute atomic E-state index is 0.142. The SMILES string of the molecule is COC(=O)C(C)CN(CCc1ccccc1)C(=O)/C=C/c1ccc(Cl)cc1. The summed E-state index contributed by atoms with van der Waals surface area (Å²) in [6.45, 7) is 2.59. The lowest BCUT2D eigenvalue weighted by atomic mass is 10.1. The molecule has 0 N–H and O–H groups in total. The number of methoxy groups -OCH3 is 1. The van der Waals surface area contributed by atoms with Gasteiger partial charge in [-0.3, -0.25) is 9.59 Å². The van der Waals surface area contributed by atoms with Crippen LogP contribution < -0.4 is 0 Å². The quantitative estimate of drug-likeness (QED) is 0.504. The van der Waals surface area contributed by atoms with Crippen LogP contribution in [0.4, 0.5) is 0 Å². The second-order valence-electron chi connectivity index (χ2n) is 6.33. The summed E-state index contributed by atoms with van der Waals surface area (Å²) < 4.78 is 4.79. The van der Waals surface area contributed by atoms with Gasteiger partial charge in [-0.1, -0.05) is 61.0 Å². The molecule has 142 valence electrons. The molecule has 5 heteroatoms. The van der Waals surface area contributed by atoms with Crippen LogP contribution in [0.1, 0.15) is 18.1 Å². The van der Waals surface area contributed by atoms with Crippen molar-refractivity contribution in [3.63, 3.8) is 0 Å². The number of halogens is 1. The highest BCUT2D eigenvalue weighted by Gasteiger charge is 2.20. The van der Waals surface area contributed by atoms with E-state index >= 15 is 0 Å². The van der Waals surface area contributed by atoms with E-state index in [0.717, 1.165) is 17.5 Å². The van der Waals surface area contributed by atoms with Gasteiger partial charge in [-0.05, 0) is 35.8 Å². The minimum Gasteiger partial charge on any atom is -0.469 e. The number of ether oxygens (including phenoxy) is 1. The van der Waals surface area contributed by atoms with Crippen LogP contribution >= 0.6 is 11.6 Å². The van der Waals surface area contributed by atoms with Crippen molar-refractivity contribution < 1.29 is 14.3 Å². The third kappa shape index (κ3) is 6.91. The van der Waals surface area contributed by atoms with Gasteiger partial charge < -0.3 is 9.64 Å². The van der Waals surface area contributed by atoms with Gasteiger partial charge in [0.1, 0.15) is 0 Å². The number of esters is 1. The highest BCUT2D eigenvalue weighted by Crippen LogP contribution is 2.12. The van der Waals surface area contributed by atoms with Gasteiger partial charge in [0.05, 0.1) is 13.0 Å². The van der Waals surface area contributed by atoms with Gasteiger partial charge >= 0.3 is 5.97 Å².